The summed E-state index contributed by atoms with van der Waals surface area (Å²) in [6, 6.07) is 15.7. The van der Waals surface area contributed by atoms with Crippen molar-refractivity contribution in [3.05, 3.63) is 70.8 Å². The van der Waals surface area contributed by atoms with E-state index in [0.29, 0.717) is 6.54 Å². The Morgan fingerprint density at radius 1 is 1.15 bits per heavy atom. The number of amides is 1. The molecule has 2 N–H and O–H groups in total. The molecule has 0 fully saturated rings. The number of aliphatic hydroxyl groups excluding tert-OH is 1. The summed E-state index contributed by atoms with van der Waals surface area (Å²) in [7, 11) is 0. The van der Waals surface area contributed by atoms with Gasteiger partial charge in [-0.15, -0.1) is 0 Å². The van der Waals surface area contributed by atoms with Gasteiger partial charge in [0.15, 0.2) is 0 Å². The first kappa shape index (κ1) is 12.9. The van der Waals surface area contributed by atoms with Crippen LogP contribution >= 0.6 is 0 Å². The van der Waals surface area contributed by atoms with Crippen LogP contribution in [-0.4, -0.2) is 11.0 Å². The summed E-state index contributed by atoms with van der Waals surface area (Å²) in [4.78, 5) is 12.2. The molecule has 0 radical (unpaired) electrons. The van der Waals surface area contributed by atoms with Gasteiger partial charge in [-0.25, -0.2) is 0 Å². The van der Waals surface area contributed by atoms with Gasteiger partial charge in [-0.1, -0.05) is 48.5 Å². The fourth-order valence-corrected chi connectivity index (χ4v) is 2.64. The lowest BCUT2D eigenvalue weighted by Crippen LogP contribution is -2.35. The Hall–Kier alpha value is -2.13. The van der Waals surface area contributed by atoms with E-state index in [2.05, 4.69) is 11.4 Å². The normalized spacial score (nSPS) is 16.1. The zero-order chi connectivity index (χ0) is 13.9. The molecule has 0 bridgehead atoms. The van der Waals surface area contributed by atoms with Crippen LogP contribution < -0.4 is 5.32 Å². The van der Waals surface area contributed by atoms with Crippen LogP contribution in [-0.2, 0) is 24.4 Å². The second kappa shape index (κ2) is 5.47. The van der Waals surface area contributed by atoms with Crippen molar-refractivity contribution in [1.82, 2.24) is 5.32 Å². The van der Waals surface area contributed by atoms with Crippen LogP contribution in [0.3, 0.4) is 0 Å². The Kier molecular flexibility index (Phi) is 3.52. The van der Waals surface area contributed by atoms with Crippen LogP contribution in [0, 0.1) is 0 Å². The summed E-state index contributed by atoms with van der Waals surface area (Å²) in [5.41, 5.74) is 4.30. The van der Waals surface area contributed by atoms with Crippen molar-refractivity contribution in [3.63, 3.8) is 0 Å². The molecule has 1 amide bonds. The van der Waals surface area contributed by atoms with Crippen molar-refractivity contribution in [2.45, 2.75) is 25.5 Å². The first-order valence-corrected chi connectivity index (χ1v) is 6.82. The lowest BCUT2D eigenvalue weighted by atomic mass is 9.77. The number of nitrogens with one attached hydrogen (secondary N) is 1. The Labute approximate surface area is 118 Å². The number of hydrogen-bond acceptors (Lipinski definition) is 2. The summed E-state index contributed by atoms with van der Waals surface area (Å²) in [5.74, 6) is 0.0744. The molecule has 2 aromatic carbocycles. The maximum atomic E-state index is 12.2. The minimum absolute atomic E-state index is 0.00720. The van der Waals surface area contributed by atoms with E-state index in [1.807, 2.05) is 42.5 Å². The molecule has 0 saturated carbocycles. The Morgan fingerprint density at radius 3 is 2.75 bits per heavy atom. The second-order valence-electron chi connectivity index (χ2n) is 5.15. The third-order valence-electron chi connectivity index (χ3n) is 3.81. The lowest BCUT2D eigenvalue weighted by molar-refractivity contribution is -0.123. The van der Waals surface area contributed by atoms with Crippen molar-refractivity contribution < 1.29 is 9.90 Å². The van der Waals surface area contributed by atoms with Crippen LogP contribution in [0.1, 0.15) is 28.2 Å². The van der Waals surface area contributed by atoms with E-state index >= 15 is 0 Å². The minimum Gasteiger partial charge on any atom is -0.392 e. The van der Waals surface area contributed by atoms with Gasteiger partial charge in [0.2, 0.25) is 5.91 Å². The fraction of sp³-hybridized carbons (Fsp3) is 0.235. The Morgan fingerprint density at radius 2 is 1.95 bits per heavy atom. The highest BCUT2D eigenvalue weighted by Crippen LogP contribution is 2.34. The number of rotatable bonds is 4. The molecule has 102 valence electrons. The summed E-state index contributed by atoms with van der Waals surface area (Å²) in [6.07, 6.45) is 0.832. The molecular formula is C17H17NO2. The summed E-state index contributed by atoms with van der Waals surface area (Å²) in [6.45, 7) is 0.531. The molecule has 2 aromatic rings. The van der Waals surface area contributed by atoms with E-state index in [9.17, 15) is 4.79 Å². The first-order valence-electron chi connectivity index (χ1n) is 6.82. The van der Waals surface area contributed by atoms with Crippen LogP contribution in [0.25, 0.3) is 0 Å². The fourth-order valence-electron chi connectivity index (χ4n) is 2.64. The number of fused-ring (bicyclic) bond motifs is 1. The van der Waals surface area contributed by atoms with Crippen molar-refractivity contribution >= 4 is 5.91 Å². The van der Waals surface area contributed by atoms with E-state index in [4.69, 9.17) is 5.11 Å². The molecule has 0 spiro atoms. The zero-order valence-electron chi connectivity index (χ0n) is 11.2. The van der Waals surface area contributed by atoms with Crippen LogP contribution in [0.5, 0.6) is 0 Å². The van der Waals surface area contributed by atoms with Crippen LogP contribution in [0.4, 0.5) is 0 Å². The quantitative estimate of drug-likeness (QED) is 0.891. The Balaban J connectivity index is 1.61. The van der Waals surface area contributed by atoms with Gasteiger partial charge in [-0.3, -0.25) is 4.79 Å². The van der Waals surface area contributed by atoms with E-state index in [1.165, 1.54) is 5.56 Å². The van der Waals surface area contributed by atoms with E-state index in [0.717, 1.165) is 23.1 Å². The predicted molar refractivity (Wildman–Crippen MR) is 77.1 cm³/mol. The third-order valence-corrected chi connectivity index (χ3v) is 3.81. The van der Waals surface area contributed by atoms with Gasteiger partial charge in [0.25, 0.3) is 0 Å². The van der Waals surface area contributed by atoms with Crippen molar-refractivity contribution in [2.24, 2.45) is 0 Å². The summed E-state index contributed by atoms with van der Waals surface area (Å²) in [5, 5.41) is 12.1. The van der Waals surface area contributed by atoms with E-state index < -0.39 is 0 Å². The first-order chi connectivity index (χ1) is 9.78. The second-order valence-corrected chi connectivity index (χ2v) is 5.15. The minimum atomic E-state index is -0.00720. The topological polar surface area (TPSA) is 49.3 Å². The average Bonchev–Trinajstić information content (AvgIpc) is 2.46. The predicted octanol–water partition coefficient (Wildman–Crippen LogP) is 2.13. The molecule has 1 aliphatic carbocycles. The largest absolute Gasteiger partial charge is 0.392 e. The molecule has 0 heterocycles. The van der Waals surface area contributed by atoms with E-state index in [-0.39, 0.29) is 18.4 Å². The van der Waals surface area contributed by atoms with Gasteiger partial charge in [-0.2, -0.15) is 0 Å². The van der Waals surface area contributed by atoms with Gasteiger partial charge in [0.1, 0.15) is 0 Å². The zero-order valence-corrected chi connectivity index (χ0v) is 11.2. The van der Waals surface area contributed by atoms with Crippen LogP contribution in [0.2, 0.25) is 0 Å². The summed E-state index contributed by atoms with van der Waals surface area (Å²) < 4.78 is 0. The number of carbonyl (C=O) groups is 1. The number of aliphatic hydroxyl groups is 1. The smallest absolute Gasteiger partial charge is 0.228 e. The highest BCUT2D eigenvalue weighted by Gasteiger charge is 2.31. The molecule has 0 aromatic heterocycles. The van der Waals surface area contributed by atoms with Gasteiger partial charge in [-0.05, 0) is 28.7 Å². The lowest BCUT2D eigenvalue weighted by Gasteiger charge is -2.28. The van der Waals surface area contributed by atoms with Gasteiger partial charge < -0.3 is 10.4 Å². The molecule has 1 aliphatic rings. The molecule has 3 nitrogen and oxygen atoms in total. The molecule has 3 heteroatoms. The molecule has 0 saturated heterocycles. The van der Waals surface area contributed by atoms with Crippen molar-refractivity contribution in [2.75, 3.05) is 0 Å². The molecule has 1 unspecified atom stereocenters. The number of hydrogen-bond donors (Lipinski definition) is 2. The number of carbonyl (C=O) groups excluding carboxylic acids is 1. The average molecular weight is 267 g/mol. The molecular weight excluding hydrogens is 250 g/mol. The maximum absolute atomic E-state index is 12.2. The highest BCUT2D eigenvalue weighted by molar-refractivity contribution is 5.86. The molecule has 3 rings (SSSR count). The number of benzene rings is 2. The Bertz CT molecular complexity index is 636. The molecule has 0 aliphatic heterocycles. The standard InChI is InChI=1S/C17H17NO2/c19-11-13-5-3-4-12(8-13)10-18-17(20)16-9-14-6-1-2-7-15(14)16/h1-8,16,19H,9-11H2,(H,18,20). The van der Waals surface area contributed by atoms with Crippen molar-refractivity contribution in [3.8, 4) is 0 Å². The van der Waals surface area contributed by atoms with Gasteiger partial charge in [0.05, 0.1) is 12.5 Å². The summed E-state index contributed by atoms with van der Waals surface area (Å²) >= 11 is 0. The van der Waals surface area contributed by atoms with E-state index in [1.54, 1.807) is 0 Å². The van der Waals surface area contributed by atoms with Gasteiger partial charge in [0, 0.05) is 6.54 Å². The van der Waals surface area contributed by atoms with Crippen LogP contribution in [0.15, 0.2) is 48.5 Å². The van der Waals surface area contributed by atoms with Gasteiger partial charge >= 0.3 is 0 Å². The monoisotopic (exact) mass is 267 g/mol. The third kappa shape index (κ3) is 2.45. The molecule has 20 heavy (non-hydrogen) atoms. The molecule has 1 atom stereocenters. The maximum Gasteiger partial charge on any atom is 0.228 e. The SMILES string of the molecule is O=C(NCc1cccc(CO)c1)C1Cc2ccccc21. The van der Waals surface area contributed by atoms with Crippen molar-refractivity contribution in [1.29, 1.82) is 0 Å². The highest BCUT2D eigenvalue weighted by atomic mass is 16.3.